The molecule has 0 amide bonds. The van der Waals surface area contributed by atoms with Crippen LogP contribution in [0.4, 0.5) is 0 Å². The van der Waals surface area contributed by atoms with Gasteiger partial charge >= 0.3 is 5.97 Å². The molecular formula is C15H19N3O3. The number of aromatic nitrogens is 3. The molecule has 0 saturated heterocycles. The van der Waals surface area contributed by atoms with Crippen LogP contribution in [0, 0.1) is 0 Å². The SMILES string of the molecule is CC(C)(C)c1c(C(=O)O)nnn1CCOc1ccccc1. The third-order valence-corrected chi connectivity index (χ3v) is 2.96. The summed E-state index contributed by atoms with van der Waals surface area (Å²) < 4.78 is 7.21. The van der Waals surface area contributed by atoms with Crippen molar-refractivity contribution in [1.29, 1.82) is 0 Å². The number of hydrogen-bond acceptors (Lipinski definition) is 4. The van der Waals surface area contributed by atoms with Crippen LogP contribution in [0.15, 0.2) is 30.3 Å². The highest BCUT2D eigenvalue weighted by Gasteiger charge is 2.28. The monoisotopic (exact) mass is 289 g/mol. The Bertz CT molecular complexity index is 615. The Morgan fingerprint density at radius 3 is 2.52 bits per heavy atom. The molecule has 0 radical (unpaired) electrons. The number of carboxylic acid groups (broad SMARTS) is 1. The highest BCUT2D eigenvalue weighted by Crippen LogP contribution is 2.24. The quantitative estimate of drug-likeness (QED) is 0.914. The van der Waals surface area contributed by atoms with Gasteiger partial charge in [0.15, 0.2) is 5.69 Å². The zero-order valence-electron chi connectivity index (χ0n) is 12.4. The van der Waals surface area contributed by atoms with E-state index in [0.717, 1.165) is 5.75 Å². The molecule has 1 N–H and O–H groups in total. The zero-order valence-corrected chi connectivity index (χ0v) is 12.4. The summed E-state index contributed by atoms with van der Waals surface area (Å²) in [6.07, 6.45) is 0. The number of rotatable bonds is 5. The second kappa shape index (κ2) is 5.95. The third-order valence-electron chi connectivity index (χ3n) is 2.96. The maximum atomic E-state index is 11.2. The Hall–Kier alpha value is -2.37. The van der Waals surface area contributed by atoms with Crippen molar-refractivity contribution in [3.63, 3.8) is 0 Å². The van der Waals surface area contributed by atoms with Crippen LogP contribution in [-0.4, -0.2) is 32.7 Å². The van der Waals surface area contributed by atoms with Crippen LogP contribution in [0.2, 0.25) is 0 Å². The molecule has 0 unspecified atom stereocenters. The lowest BCUT2D eigenvalue weighted by atomic mass is 9.90. The van der Waals surface area contributed by atoms with E-state index in [0.29, 0.717) is 18.8 Å². The van der Waals surface area contributed by atoms with Gasteiger partial charge in [0.25, 0.3) is 0 Å². The summed E-state index contributed by atoms with van der Waals surface area (Å²) in [6.45, 7) is 6.66. The number of ether oxygens (including phenoxy) is 1. The fourth-order valence-corrected chi connectivity index (χ4v) is 2.12. The van der Waals surface area contributed by atoms with Crippen molar-refractivity contribution < 1.29 is 14.6 Å². The standard InChI is InChI=1S/C15H19N3O3/c1-15(2,3)13-12(14(19)20)16-17-18(13)9-10-21-11-7-5-4-6-8-11/h4-8H,9-10H2,1-3H3,(H,19,20). The van der Waals surface area contributed by atoms with Gasteiger partial charge in [-0.25, -0.2) is 9.48 Å². The Morgan fingerprint density at radius 1 is 1.29 bits per heavy atom. The maximum absolute atomic E-state index is 11.2. The van der Waals surface area contributed by atoms with E-state index in [4.69, 9.17) is 4.74 Å². The number of carboxylic acids is 1. The lowest BCUT2D eigenvalue weighted by molar-refractivity contribution is 0.0687. The molecule has 0 aliphatic heterocycles. The highest BCUT2D eigenvalue weighted by atomic mass is 16.5. The van der Waals surface area contributed by atoms with Crippen LogP contribution >= 0.6 is 0 Å². The van der Waals surface area contributed by atoms with Crippen LogP contribution in [0.1, 0.15) is 37.0 Å². The van der Waals surface area contributed by atoms with Gasteiger partial charge in [0.05, 0.1) is 12.2 Å². The Balaban J connectivity index is 2.12. The minimum absolute atomic E-state index is 0.00205. The van der Waals surface area contributed by atoms with E-state index >= 15 is 0 Å². The molecule has 1 aromatic heterocycles. The number of para-hydroxylation sites is 1. The summed E-state index contributed by atoms with van der Waals surface area (Å²) in [7, 11) is 0. The van der Waals surface area contributed by atoms with E-state index in [1.54, 1.807) is 4.68 Å². The fourth-order valence-electron chi connectivity index (χ4n) is 2.12. The average Bonchev–Trinajstić information content (AvgIpc) is 2.84. The van der Waals surface area contributed by atoms with Crippen molar-refractivity contribution in [3.8, 4) is 5.75 Å². The molecule has 0 atom stereocenters. The number of carbonyl (C=O) groups is 1. The van der Waals surface area contributed by atoms with Gasteiger partial charge in [0.2, 0.25) is 0 Å². The number of nitrogens with zero attached hydrogens (tertiary/aromatic N) is 3. The first-order valence-electron chi connectivity index (χ1n) is 6.74. The van der Waals surface area contributed by atoms with E-state index in [1.807, 2.05) is 51.1 Å². The number of benzene rings is 1. The molecule has 2 aromatic rings. The molecule has 0 fully saturated rings. The predicted octanol–water partition coefficient (Wildman–Crippen LogP) is 2.35. The van der Waals surface area contributed by atoms with E-state index < -0.39 is 5.97 Å². The summed E-state index contributed by atoms with van der Waals surface area (Å²) in [4.78, 5) is 11.2. The summed E-state index contributed by atoms with van der Waals surface area (Å²) in [6, 6.07) is 9.45. The molecule has 0 aliphatic rings. The van der Waals surface area contributed by atoms with Gasteiger partial charge in [-0.15, -0.1) is 5.10 Å². The minimum atomic E-state index is -1.06. The van der Waals surface area contributed by atoms with Crippen molar-refractivity contribution in [2.24, 2.45) is 0 Å². The van der Waals surface area contributed by atoms with E-state index in [9.17, 15) is 9.90 Å². The molecule has 1 heterocycles. The summed E-state index contributed by atoms with van der Waals surface area (Å²) in [5, 5.41) is 16.9. The Kier molecular flexibility index (Phi) is 4.26. The van der Waals surface area contributed by atoms with Crippen molar-refractivity contribution in [2.45, 2.75) is 32.7 Å². The molecule has 112 valence electrons. The molecule has 0 bridgehead atoms. The van der Waals surface area contributed by atoms with Crippen LogP contribution in [0.5, 0.6) is 5.75 Å². The first kappa shape index (κ1) is 15.0. The average molecular weight is 289 g/mol. The second-order valence-electron chi connectivity index (χ2n) is 5.73. The molecule has 0 spiro atoms. The van der Waals surface area contributed by atoms with E-state index in [1.165, 1.54) is 0 Å². The van der Waals surface area contributed by atoms with Gasteiger partial charge in [0.1, 0.15) is 12.4 Å². The smallest absolute Gasteiger partial charge is 0.358 e. The summed E-state index contributed by atoms with van der Waals surface area (Å²) >= 11 is 0. The summed E-state index contributed by atoms with van der Waals surface area (Å²) in [5.74, 6) is -0.288. The van der Waals surface area contributed by atoms with Gasteiger partial charge in [-0.2, -0.15) is 0 Å². The molecule has 0 saturated carbocycles. The van der Waals surface area contributed by atoms with E-state index in [2.05, 4.69) is 10.3 Å². The predicted molar refractivity (Wildman–Crippen MR) is 77.6 cm³/mol. The van der Waals surface area contributed by atoms with Crippen molar-refractivity contribution in [2.75, 3.05) is 6.61 Å². The second-order valence-corrected chi connectivity index (χ2v) is 5.73. The van der Waals surface area contributed by atoms with Gasteiger partial charge in [-0.05, 0) is 12.1 Å². The normalized spacial score (nSPS) is 11.4. The first-order valence-corrected chi connectivity index (χ1v) is 6.74. The molecule has 6 nitrogen and oxygen atoms in total. The highest BCUT2D eigenvalue weighted by molar-refractivity contribution is 5.86. The van der Waals surface area contributed by atoms with Gasteiger partial charge in [0, 0.05) is 5.41 Å². The van der Waals surface area contributed by atoms with Gasteiger partial charge in [-0.3, -0.25) is 0 Å². The van der Waals surface area contributed by atoms with Crippen LogP contribution in [0.3, 0.4) is 0 Å². The van der Waals surface area contributed by atoms with E-state index in [-0.39, 0.29) is 11.1 Å². The fraction of sp³-hybridized carbons (Fsp3) is 0.400. The molecule has 1 aromatic carbocycles. The first-order chi connectivity index (χ1) is 9.89. The molecule has 21 heavy (non-hydrogen) atoms. The molecular weight excluding hydrogens is 270 g/mol. The zero-order chi connectivity index (χ0) is 15.5. The summed E-state index contributed by atoms with van der Waals surface area (Å²) in [5.41, 5.74) is 0.248. The molecule has 0 aliphatic carbocycles. The molecule has 6 heteroatoms. The Labute approximate surface area is 123 Å². The van der Waals surface area contributed by atoms with Crippen molar-refractivity contribution >= 4 is 5.97 Å². The van der Waals surface area contributed by atoms with Crippen LogP contribution in [-0.2, 0) is 12.0 Å². The topological polar surface area (TPSA) is 77.2 Å². The van der Waals surface area contributed by atoms with Crippen LogP contribution < -0.4 is 4.74 Å². The van der Waals surface area contributed by atoms with Crippen molar-refractivity contribution in [3.05, 3.63) is 41.7 Å². The molecule has 2 rings (SSSR count). The lowest BCUT2D eigenvalue weighted by Crippen LogP contribution is -2.23. The van der Waals surface area contributed by atoms with Gasteiger partial charge < -0.3 is 9.84 Å². The number of hydrogen-bond donors (Lipinski definition) is 1. The third kappa shape index (κ3) is 3.59. The minimum Gasteiger partial charge on any atom is -0.492 e. The lowest BCUT2D eigenvalue weighted by Gasteiger charge is -2.20. The van der Waals surface area contributed by atoms with Crippen LogP contribution in [0.25, 0.3) is 0 Å². The van der Waals surface area contributed by atoms with Gasteiger partial charge in [-0.1, -0.05) is 44.2 Å². The maximum Gasteiger partial charge on any atom is 0.358 e. The van der Waals surface area contributed by atoms with Crippen molar-refractivity contribution in [1.82, 2.24) is 15.0 Å². The largest absolute Gasteiger partial charge is 0.492 e. The Morgan fingerprint density at radius 2 is 1.95 bits per heavy atom. The number of aromatic carboxylic acids is 1.